The second-order valence-electron chi connectivity index (χ2n) is 8.08. The van der Waals surface area contributed by atoms with E-state index >= 15 is 0 Å². The highest BCUT2D eigenvalue weighted by atomic mass is 16.5. The van der Waals surface area contributed by atoms with Crippen LogP contribution in [0, 0.1) is 0 Å². The van der Waals surface area contributed by atoms with Crippen molar-refractivity contribution in [2.45, 2.75) is 26.2 Å². The van der Waals surface area contributed by atoms with Crippen LogP contribution in [0.2, 0.25) is 0 Å². The number of carbonyl (C=O) groups is 1. The summed E-state index contributed by atoms with van der Waals surface area (Å²) in [6, 6.07) is 33.8. The van der Waals surface area contributed by atoms with Gasteiger partial charge in [-0.15, -0.1) is 0 Å². The second-order valence-corrected chi connectivity index (χ2v) is 8.08. The van der Waals surface area contributed by atoms with Crippen LogP contribution < -0.4 is 9.47 Å². The first kappa shape index (κ1) is 22.3. The van der Waals surface area contributed by atoms with E-state index in [1.807, 2.05) is 19.1 Å². The molecule has 166 valence electrons. The zero-order valence-electron chi connectivity index (χ0n) is 19.0. The Morgan fingerprint density at radius 3 is 1.91 bits per heavy atom. The largest absolute Gasteiger partial charge is 0.494 e. The van der Waals surface area contributed by atoms with Crippen molar-refractivity contribution in [3.05, 3.63) is 120 Å². The molecule has 0 aromatic heterocycles. The van der Waals surface area contributed by atoms with Crippen LogP contribution in [0.4, 0.5) is 0 Å². The van der Waals surface area contributed by atoms with Crippen molar-refractivity contribution in [1.29, 1.82) is 0 Å². The third-order valence-corrected chi connectivity index (χ3v) is 5.66. The normalized spacial score (nSPS) is 11.6. The molecule has 0 aliphatic rings. The standard InChI is InChI=1S/C30H28O3/c1-3-32-28-17-19-29(20-18-28)33-30(31)27-15-13-26(14-16-27)25-11-9-23(10-12-25)21-22(2)24-7-5-4-6-8-24/h4-20,22H,3,21H2,1-2H3. The predicted molar refractivity (Wildman–Crippen MR) is 133 cm³/mol. The number of carbonyl (C=O) groups excluding carboxylic acids is 1. The van der Waals surface area contributed by atoms with Crippen LogP contribution in [0.3, 0.4) is 0 Å². The number of rotatable bonds is 8. The molecule has 4 rings (SSSR count). The van der Waals surface area contributed by atoms with Crippen LogP contribution >= 0.6 is 0 Å². The first-order valence-corrected chi connectivity index (χ1v) is 11.3. The summed E-state index contributed by atoms with van der Waals surface area (Å²) in [6.07, 6.45) is 1.00. The van der Waals surface area contributed by atoms with Gasteiger partial charge in [0.15, 0.2) is 0 Å². The summed E-state index contributed by atoms with van der Waals surface area (Å²) in [6.45, 7) is 4.79. The van der Waals surface area contributed by atoms with E-state index in [0.29, 0.717) is 23.8 Å². The molecule has 0 saturated carbocycles. The molecule has 0 aliphatic carbocycles. The van der Waals surface area contributed by atoms with Crippen molar-refractivity contribution >= 4 is 5.97 Å². The zero-order chi connectivity index (χ0) is 23.0. The molecule has 3 nitrogen and oxygen atoms in total. The Hall–Kier alpha value is -3.85. The predicted octanol–water partition coefficient (Wildman–Crippen LogP) is 7.32. The molecule has 33 heavy (non-hydrogen) atoms. The van der Waals surface area contributed by atoms with Crippen LogP contribution in [-0.2, 0) is 6.42 Å². The maximum Gasteiger partial charge on any atom is 0.343 e. The summed E-state index contributed by atoms with van der Waals surface area (Å²) < 4.78 is 10.9. The lowest BCUT2D eigenvalue weighted by atomic mass is 9.93. The summed E-state index contributed by atoms with van der Waals surface area (Å²) in [5, 5.41) is 0. The molecule has 0 aliphatic heterocycles. The Morgan fingerprint density at radius 1 is 0.727 bits per heavy atom. The van der Waals surface area contributed by atoms with Gasteiger partial charge in [-0.25, -0.2) is 4.79 Å². The monoisotopic (exact) mass is 436 g/mol. The maximum absolute atomic E-state index is 12.5. The minimum Gasteiger partial charge on any atom is -0.494 e. The van der Waals surface area contributed by atoms with Crippen LogP contribution in [0.15, 0.2) is 103 Å². The van der Waals surface area contributed by atoms with Gasteiger partial charge in [0.2, 0.25) is 0 Å². The lowest BCUT2D eigenvalue weighted by Crippen LogP contribution is -2.08. The number of ether oxygens (including phenoxy) is 2. The molecule has 0 heterocycles. The molecule has 3 heteroatoms. The van der Waals surface area contributed by atoms with E-state index in [1.165, 1.54) is 11.1 Å². The van der Waals surface area contributed by atoms with E-state index in [4.69, 9.17) is 9.47 Å². The average Bonchev–Trinajstić information content (AvgIpc) is 2.86. The Morgan fingerprint density at radius 2 is 1.30 bits per heavy atom. The molecule has 4 aromatic rings. The summed E-state index contributed by atoms with van der Waals surface area (Å²) in [4.78, 5) is 12.5. The first-order chi connectivity index (χ1) is 16.1. The maximum atomic E-state index is 12.5. The van der Waals surface area contributed by atoms with Gasteiger partial charge in [0, 0.05) is 0 Å². The summed E-state index contributed by atoms with van der Waals surface area (Å²) >= 11 is 0. The Balaban J connectivity index is 1.37. The fourth-order valence-corrected chi connectivity index (χ4v) is 3.82. The van der Waals surface area contributed by atoms with E-state index in [9.17, 15) is 4.79 Å². The number of esters is 1. The first-order valence-electron chi connectivity index (χ1n) is 11.3. The van der Waals surface area contributed by atoms with E-state index < -0.39 is 0 Å². The van der Waals surface area contributed by atoms with Crippen LogP contribution in [-0.4, -0.2) is 12.6 Å². The SMILES string of the molecule is CCOc1ccc(OC(=O)c2ccc(-c3ccc(CC(C)c4ccccc4)cc3)cc2)cc1. The van der Waals surface area contributed by atoms with Gasteiger partial charge in [-0.05, 0) is 77.9 Å². The lowest BCUT2D eigenvalue weighted by molar-refractivity contribution is 0.0734. The molecule has 0 spiro atoms. The molecule has 0 radical (unpaired) electrons. The molecule has 0 N–H and O–H groups in total. The summed E-state index contributed by atoms with van der Waals surface area (Å²) in [5.41, 5.74) is 5.37. The fraction of sp³-hybridized carbons (Fsp3) is 0.167. The van der Waals surface area contributed by atoms with Gasteiger partial charge in [-0.2, -0.15) is 0 Å². The minimum atomic E-state index is -0.379. The minimum absolute atomic E-state index is 0.379. The van der Waals surface area contributed by atoms with Crippen molar-refractivity contribution in [3.63, 3.8) is 0 Å². The quantitative estimate of drug-likeness (QED) is 0.214. The van der Waals surface area contributed by atoms with Crippen molar-refractivity contribution in [1.82, 2.24) is 0 Å². The molecule has 1 atom stereocenters. The van der Waals surface area contributed by atoms with E-state index in [1.54, 1.807) is 36.4 Å². The second kappa shape index (κ2) is 10.6. The van der Waals surface area contributed by atoms with Crippen molar-refractivity contribution in [2.75, 3.05) is 6.61 Å². The molecular weight excluding hydrogens is 408 g/mol. The molecule has 0 fully saturated rings. The molecule has 0 saturated heterocycles. The van der Waals surface area contributed by atoms with Gasteiger partial charge in [0.05, 0.1) is 12.2 Å². The van der Waals surface area contributed by atoms with Crippen molar-refractivity contribution in [2.24, 2.45) is 0 Å². The number of hydrogen-bond donors (Lipinski definition) is 0. The molecule has 1 unspecified atom stereocenters. The van der Waals surface area contributed by atoms with Gasteiger partial charge in [-0.3, -0.25) is 0 Å². The van der Waals surface area contributed by atoms with Gasteiger partial charge >= 0.3 is 5.97 Å². The van der Waals surface area contributed by atoms with Crippen LogP contribution in [0.1, 0.15) is 41.3 Å². The van der Waals surface area contributed by atoms with E-state index in [0.717, 1.165) is 23.3 Å². The van der Waals surface area contributed by atoms with Crippen molar-refractivity contribution in [3.8, 4) is 22.6 Å². The highest BCUT2D eigenvalue weighted by Crippen LogP contribution is 2.25. The van der Waals surface area contributed by atoms with Gasteiger partial charge in [-0.1, -0.05) is 73.7 Å². The van der Waals surface area contributed by atoms with Gasteiger partial charge < -0.3 is 9.47 Å². The molecule has 0 amide bonds. The van der Waals surface area contributed by atoms with Crippen LogP contribution in [0.5, 0.6) is 11.5 Å². The Kier molecular flexibility index (Phi) is 7.21. The molecule has 4 aromatic carbocycles. The number of benzene rings is 4. The topological polar surface area (TPSA) is 35.5 Å². The van der Waals surface area contributed by atoms with Gasteiger partial charge in [0.1, 0.15) is 11.5 Å². The highest BCUT2D eigenvalue weighted by Gasteiger charge is 2.10. The third kappa shape index (κ3) is 5.89. The van der Waals surface area contributed by atoms with Crippen molar-refractivity contribution < 1.29 is 14.3 Å². The third-order valence-electron chi connectivity index (χ3n) is 5.66. The smallest absolute Gasteiger partial charge is 0.343 e. The molecular formula is C30H28O3. The Bertz CT molecular complexity index is 1160. The van der Waals surface area contributed by atoms with Gasteiger partial charge in [0.25, 0.3) is 0 Å². The summed E-state index contributed by atoms with van der Waals surface area (Å²) in [5.74, 6) is 1.34. The van der Waals surface area contributed by atoms with E-state index in [2.05, 4.69) is 61.5 Å². The average molecular weight is 437 g/mol. The highest BCUT2D eigenvalue weighted by molar-refractivity contribution is 5.91. The fourth-order valence-electron chi connectivity index (χ4n) is 3.82. The summed E-state index contributed by atoms with van der Waals surface area (Å²) in [7, 11) is 0. The number of hydrogen-bond acceptors (Lipinski definition) is 3. The van der Waals surface area contributed by atoms with E-state index in [-0.39, 0.29) is 5.97 Å². The lowest BCUT2D eigenvalue weighted by Gasteiger charge is -2.12. The molecule has 0 bridgehead atoms. The van der Waals surface area contributed by atoms with Crippen LogP contribution in [0.25, 0.3) is 11.1 Å². The Labute approximate surface area is 195 Å². The zero-order valence-corrected chi connectivity index (χ0v) is 19.0.